The number of hydrogen-bond acceptors (Lipinski definition) is 3. The molecule has 1 aliphatic rings. The van der Waals surface area contributed by atoms with Crippen molar-refractivity contribution in [2.24, 2.45) is 4.99 Å². The van der Waals surface area contributed by atoms with Gasteiger partial charge in [-0.05, 0) is 19.2 Å². The van der Waals surface area contributed by atoms with Gasteiger partial charge in [-0.15, -0.1) is 24.0 Å². The monoisotopic (exact) mass is 485 g/mol. The molecule has 1 heterocycles. The molecular formula is C17H27F3IN5. The van der Waals surface area contributed by atoms with Gasteiger partial charge in [-0.3, -0.25) is 9.89 Å². The maximum atomic E-state index is 12.3. The summed E-state index contributed by atoms with van der Waals surface area (Å²) in [6.07, 6.45) is -4.16. The highest BCUT2D eigenvalue weighted by Gasteiger charge is 2.29. The third-order valence-electron chi connectivity index (χ3n) is 4.14. The molecule has 5 nitrogen and oxygen atoms in total. The molecule has 0 spiro atoms. The molecule has 0 radical (unpaired) electrons. The highest BCUT2D eigenvalue weighted by molar-refractivity contribution is 14.0. The number of benzene rings is 1. The number of halogens is 4. The smallest absolute Gasteiger partial charge is 0.368 e. The number of nitrogens with one attached hydrogen (secondary N) is 1. The second kappa shape index (κ2) is 10.8. The molecule has 1 aromatic rings. The van der Waals surface area contributed by atoms with Crippen LogP contribution in [0.1, 0.15) is 0 Å². The molecule has 0 unspecified atom stereocenters. The summed E-state index contributed by atoms with van der Waals surface area (Å²) in [5, 5.41) is 3.16. The zero-order valence-electron chi connectivity index (χ0n) is 15.2. The lowest BCUT2D eigenvalue weighted by atomic mass is 10.2. The number of aliphatic imine (C=N–C) groups is 1. The van der Waals surface area contributed by atoms with Crippen LogP contribution in [0.2, 0.25) is 0 Å². The summed E-state index contributed by atoms with van der Waals surface area (Å²) in [5.41, 5.74) is 1.21. The van der Waals surface area contributed by atoms with E-state index in [2.05, 4.69) is 32.2 Å². The Morgan fingerprint density at radius 3 is 2.31 bits per heavy atom. The van der Waals surface area contributed by atoms with Crippen molar-refractivity contribution in [1.29, 1.82) is 0 Å². The van der Waals surface area contributed by atoms with Gasteiger partial charge in [0.1, 0.15) is 0 Å². The van der Waals surface area contributed by atoms with Crippen LogP contribution in [0.4, 0.5) is 18.9 Å². The molecule has 9 heteroatoms. The van der Waals surface area contributed by atoms with Gasteiger partial charge in [-0.25, -0.2) is 0 Å². The molecule has 26 heavy (non-hydrogen) atoms. The van der Waals surface area contributed by atoms with Gasteiger partial charge in [0.15, 0.2) is 5.96 Å². The zero-order chi connectivity index (χ0) is 18.3. The van der Waals surface area contributed by atoms with E-state index in [9.17, 15) is 13.2 Å². The second-order valence-corrected chi connectivity index (χ2v) is 6.14. The quantitative estimate of drug-likeness (QED) is 0.395. The van der Waals surface area contributed by atoms with Crippen molar-refractivity contribution in [2.45, 2.75) is 6.18 Å². The fourth-order valence-electron chi connectivity index (χ4n) is 2.89. The van der Waals surface area contributed by atoms with E-state index < -0.39 is 12.7 Å². The zero-order valence-corrected chi connectivity index (χ0v) is 17.5. The van der Waals surface area contributed by atoms with E-state index in [4.69, 9.17) is 0 Å². The lowest BCUT2D eigenvalue weighted by molar-refractivity contribution is -0.142. The Hall–Kier alpha value is -1.23. The van der Waals surface area contributed by atoms with Crippen LogP contribution in [0.25, 0.3) is 0 Å². The van der Waals surface area contributed by atoms with E-state index in [1.54, 1.807) is 7.05 Å². The van der Waals surface area contributed by atoms with Crippen LogP contribution in [-0.2, 0) is 0 Å². The number of alkyl halides is 3. The fourth-order valence-corrected chi connectivity index (χ4v) is 2.89. The average Bonchev–Trinajstić information content (AvgIpc) is 2.58. The summed E-state index contributed by atoms with van der Waals surface area (Å²) in [4.78, 5) is 9.97. The van der Waals surface area contributed by atoms with Gasteiger partial charge >= 0.3 is 6.18 Å². The van der Waals surface area contributed by atoms with E-state index in [1.807, 2.05) is 18.2 Å². The van der Waals surface area contributed by atoms with Crippen LogP contribution in [0.3, 0.4) is 0 Å². The lowest BCUT2D eigenvalue weighted by Crippen LogP contribution is -2.53. The SMILES string of the molecule is CN=C(NCCN(C)CC(F)(F)F)N1CCN(c2ccccc2)CC1.I. The molecule has 0 amide bonds. The van der Waals surface area contributed by atoms with Gasteiger partial charge in [-0.1, -0.05) is 18.2 Å². The second-order valence-electron chi connectivity index (χ2n) is 6.14. The number of guanidine groups is 1. The average molecular weight is 485 g/mol. The summed E-state index contributed by atoms with van der Waals surface area (Å²) in [6.45, 7) is 3.26. The largest absolute Gasteiger partial charge is 0.401 e. The first-order valence-electron chi connectivity index (χ1n) is 8.40. The van der Waals surface area contributed by atoms with Crippen molar-refractivity contribution in [3.05, 3.63) is 30.3 Å². The Labute approximate surface area is 170 Å². The summed E-state index contributed by atoms with van der Waals surface area (Å²) in [6, 6.07) is 10.2. The van der Waals surface area contributed by atoms with Crippen LogP contribution in [-0.4, -0.2) is 81.8 Å². The Morgan fingerprint density at radius 2 is 1.77 bits per heavy atom. The Balaban J connectivity index is 0.00000338. The maximum Gasteiger partial charge on any atom is 0.401 e. The molecule has 1 N–H and O–H groups in total. The van der Waals surface area contributed by atoms with Crippen LogP contribution in [0, 0.1) is 0 Å². The van der Waals surface area contributed by atoms with Crippen molar-refractivity contribution >= 4 is 35.6 Å². The number of para-hydroxylation sites is 1. The maximum absolute atomic E-state index is 12.3. The van der Waals surface area contributed by atoms with Gasteiger partial charge in [-0.2, -0.15) is 13.2 Å². The third kappa shape index (κ3) is 7.56. The highest BCUT2D eigenvalue weighted by Crippen LogP contribution is 2.16. The van der Waals surface area contributed by atoms with Crippen LogP contribution < -0.4 is 10.2 Å². The lowest BCUT2D eigenvalue weighted by Gasteiger charge is -2.37. The molecule has 148 valence electrons. The molecular weight excluding hydrogens is 458 g/mol. The number of rotatable bonds is 5. The third-order valence-corrected chi connectivity index (χ3v) is 4.14. The van der Waals surface area contributed by atoms with Gasteiger partial charge in [0, 0.05) is 52.0 Å². The first-order valence-corrected chi connectivity index (χ1v) is 8.40. The van der Waals surface area contributed by atoms with E-state index in [-0.39, 0.29) is 24.0 Å². The predicted octanol–water partition coefficient (Wildman–Crippen LogP) is 2.50. The molecule has 1 aromatic carbocycles. The molecule has 0 atom stereocenters. The molecule has 0 aliphatic carbocycles. The Kier molecular flexibility index (Phi) is 9.48. The van der Waals surface area contributed by atoms with E-state index in [1.165, 1.54) is 17.6 Å². The van der Waals surface area contributed by atoms with Gasteiger partial charge < -0.3 is 15.1 Å². The van der Waals surface area contributed by atoms with Gasteiger partial charge in [0.25, 0.3) is 0 Å². The van der Waals surface area contributed by atoms with Crippen LogP contribution in [0.15, 0.2) is 35.3 Å². The van der Waals surface area contributed by atoms with Crippen LogP contribution >= 0.6 is 24.0 Å². The first kappa shape index (κ1) is 22.8. The summed E-state index contributed by atoms with van der Waals surface area (Å²) >= 11 is 0. The topological polar surface area (TPSA) is 34.1 Å². The Bertz CT molecular complexity index is 545. The van der Waals surface area contributed by atoms with Crippen molar-refractivity contribution in [3.63, 3.8) is 0 Å². The number of hydrogen-bond donors (Lipinski definition) is 1. The first-order chi connectivity index (χ1) is 11.9. The molecule has 0 aromatic heterocycles. The van der Waals surface area contributed by atoms with Gasteiger partial charge in [0.05, 0.1) is 6.54 Å². The molecule has 1 saturated heterocycles. The van der Waals surface area contributed by atoms with E-state index in [0.717, 1.165) is 32.1 Å². The number of likely N-dealkylation sites (N-methyl/N-ethyl adjacent to an activating group) is 1. The molecule has 1 aliphatic heterocycles. The van der Waals surface area contributed by atoms with Crippen molar-refractivity contribution in [1.82, 2.24) is 15.1 Å². The molecule has 2 rings (SSSR count). The molecule has 0 saturated carbocycles. The van der Waals surface area contributed by atoms with Crippen LogP contribution in [0.5, 0.6) is 0 Å². The van der Waals surface area contributed by atoms with E-state index in [0.29, 0.717) is 13.1 Å². The normalized spacial score (nSPS) is 15.8. The van der Waals surface area contributed by atoms with Crippen molar-refractivity contribution in [3.8, 4) is 0 Å². The van der Waals surface area contributed by atoms with Crippen molar-refractivity contribution in [2.75, 3.05) is 64.8 Å². The number of piperazine rings is 1. The fraction of sp³-hybridized carbons (Fsp3) is 0.588. The molecule has 0 bridgehead atoms. The minimum absolute atomic E-state index is 0. The standard InChI is InChI=1S/C17H26F3N5.HI/c1-21-16(22-8-9-23(2)14-17(18,19)20)25-12-10-24(11-13-25)15-6-4-3-5-7-15;/h3-7H,8-14H2,1-2H3,(H,21,22);1H. The predicted molar refractivity (Wildman–Crippen MR) is 111 cm³/mol. The van der Waals surface area contributed by atoms with E-state index >= 15 is 0 Å². The highest BCUT2D eigenvalue weighted by atomic mass is 127. The summed E-state index contributed by atoms with van der Waals surface area (Å²) in [5.74, 6) is 0.744. The minimum Gasteiger partial charge on any atom is -0.368 e. The van der Waals surface area contributed by atoms with Gasteiger partial charge in [0.2, 0.25) is 0 Å². The minimum atomic E-state index is -4.16. The van der Waals surface area contributed by atoms with Crippen molar-refractivity contribution < 1.29 is 13.2 Å². The summed E-state index contributed by atoms with van der Waals surface area (Å²) < 4.78 is 37.0. The number of nitrogens with zero attached hydrogens (tertiary/aromatic N) is 4. The summed E-state index contributed by atoms with van der Waals surface area (Å²) in [7, 11) is 3.17. The molecule has 1 fully saturated rings. The number of anilines is 1. The Morgan fingerprint density at radius 1 is 1.15 bits per heavy atom.